The van der Waals surface area contributed by atoms with Crippen molar-refractivity contribution in [2.24, 2.45) is 0 Å². The van der Waals surface area contributed by atoms with Crippen molar-refractivity contribution in [1.29, 1.82) is 0 Å². The molecule has 0 saturated heterocycles. The van der Waals surface area contributed by atoms with Crippen molar-refractivity contribution in [2.45, 2.75) is 25.3 Å². The molecule has 0 spiro atoms. The van der Waals surface area contributed by atoms with E-state index in [4.69, 9.17) is 4.74 Å². The van der Waals surface area contributed by atoms with Crippen molar-refractivity contribution in [1.82, 2.24) is 19.6 Å². The number of para-hydroxylation sites is 3. The number of nitrogens with zero attached hydrogens (tertiary/aromatic N) is 4. The average molecular weight is 436 g/mol. The Balaban J connectivity index is 1.57. The number of amides is 1. The Morgan fingerprint density at radius 1 is 1.06 bits per heavy atom. The topological polar surface area (TPSA) is 98.5 Å². The quantitative estimate of drug-likeness (QED) is 0.349. The molecule has 2 aromatic heterocycles. The van der Waals surface area contributed by atoms with Gasteiger partial charge in [0.2, 0.25) is 5.91 Å². The molecule has 0 aliphatic carbocycles. The summed E-state index contributed by atoms with van der Waals surface area (Å²) in [6.45, 7) is 4.02. The van der Waals surface area contributed by atoms with Gasteiger partial charge in [-0.3, -0.25) is 9.20 Å². The summed E-state index contributed by atoms with van der Waals surface area (Å²) in [4.78, 5) is 29.4. The molecule has 9 heteroatoms. The fraction of sp³-hybridized carbons (Fsp3) is 0.227. The molecule has 8 nitrogen and oxygen atoms in total. The van der Waals surface area contributed by atoms with Crippen molar-refractivity contribution in [3.63, 3.8) is 0 Å². The van der Waals surface area contributed by atoms with Crippen LogP contribution in [0.3, 0.4) is 0 Å². The van der Waals surface area contributed by atoms with Crippen LogP contribution >= 0.6 is 11.8 Å². The molecule has 0 aliphatic rings. The zero-order chi connectivity index (χ0) is 21.8. The number of aryl methyl sites for hydroxylation is 1. The van der Waals surface area contributed by atoms with E-state index in [0.717, 1.165) is 23.3 Å². The Morgan fingerprint density at radius 3 is 2.65 bits per heavy atom. The number of benzene rings is 2. The zero-order valence-corrected chi connectivity index (χ0v) is 18.0. The smallest absolute Gasteiger partial charge is 0.340 e. The molecule has 158 valence electrons. The number of esters is 1. The van der Waals surface area contributed by atoms with Gasteiger partial charge in [0.15, 0.2) is 5.65 Å². The van der Waals surface area contributed by atoms with Crippen molar-refractivity contribution in [2.75, 3.05) is 17.7 Å². The average Bonchev–Trinajstić information content (AvgIpc) is 3.23. The van der Waals surface area contributed by atoms with Gasteiger partial charge < -0.3 is 10.1 Å². The number of anilines is 1. The van der Waals surface area contributed by atoms with E-state index < -0.39 is 5.97 Å². The molecule has 1 N–H and O–H groups in total. The number of carbonyl (C=O) groups excluding carboxylic acids is 2. The van der Waals surface area contributed by atoms with Gasteiger partial charge in [0.25, 0.3) is 0 Å². The van der Waals surface area contributed by atoms with Crippen LogP contribution in [-0.2, 0) is 16.0 Å². The molecule has 0 aliphatic heterocycles. The van der Waals surface area contributed by atoms with Crippen LogP contribution in [-0.4, -0.2) is 43.8 Å². The number of rotatable bonds is 7. The zero-order valence-electron chi connectivity index (χ0n) is 17.2. The molecular weight excluding hydrogens is 414 g/mol. The number of nitrogens with one attached hydrogen (secondary N) is 1. The minimum Gasteiger partial charge on any atom is -0.462 e. The van der Waals surface area contributed by atoms with E-state index in [1.807, 2.05) is 35.6 Å². The Morgan fingerprint density at radius 2 is 1.84 bits per heavy atom. The standard InChI is InChI=1S/C22H21N5O3S/c1-3-18-25-26-20-21(24-16-11-7-8-12-17(16)27(18)20)31-13-19(28)23-15-10-6-5-9-14(15)22(29)30-4-2/h5-12H,3-4,13H2,1-2H3,(H,23,28). The third-order valence-corrected chi connectivity index (χ3v) is 5.57. The number of carbonyl (C=O) groups is 2. The third-order valence-electron chi connectivity index (χ3n) is 4.62. The molecule has 4 aromatic rings. The van der Waals surface area contributed by atoms with E-state index >= 15 is 0 Å². The van der Waals surface area contributed by atoms with Gasteiger partial charge in [-0.05, 0) is 31.2 Å². The van der Waals surface area contributed by atoms with Gasteiger partial charge >= 0.3 is 5.97 Å². The van der Waals surface area contributed by atoms with E-state index in [9.17, 15) is 9.59 Å². The van der Waals surface area contributed by atoms with Crippen LogP contribution in [0.15, 0.2) is 53.6 Å². The first-order valence-electron chi connectivity index (χ1n) is 9.94. The Kier molecular flexibility index (Phi) is 6.13. The molecule has 0 atom stereocenters. The van der Waals surface area contributed by atoms with Gasteiger partial charge in [-0.25, -0.2) is 9.78 Å². The first-order valence-corrected chi connectivity index (χ1v) is 10.9. The molecule has 2 heterocycles. The third kappa shape index (κ3) is 4.22. The first kappa shape index (κ1) is 20.8. The van der Waals surface area contributed by atoms with Crippen LogP contribution in [0.5, 0.6) is 0 Å². The van der Waals surface area contributed by atoms with Gasteiger partial charge in [-0.1, -0.05) is 43.0 Å². The molecule has 4 rings (SSSR count). The van der Waals surface area contributed by atoms with Crippen LogP contribution in [0.4, 0.5) is 5.69 Å². The number of aromatic nitrogens is 4. The Bertz CT molecular complexity index is 1270. The van der Waals surface area contributed by atoms with E-state index in [1.54, 1.807) is 31.2 Å². The number of thioether (sulfide) groups is 1. The summed E-state index contributed by atoms with van der Waals surface area (Å²) < 4.78 is 7.04. The lowest BCUT2D eigenvalue weighted by Gasteiger charge is -2.11. The lowest BCUT2D eigenvalue weighted by molar-refractivity contribution is -0.113. The van der Waals surface area contributed by atoms with Crippen LogP contribution in [0.1, 0.15) is 30.0 Å². The minimum atomic E-state index is -0.473. The second kappa shape index (κ2) is 9.13. The van der Waals surface area contributed by atoms with Crippen molar-refractivity contribution < 1.29 is 14.3 Å². The summed E-state index contributed by atoms with van der Waals surface area (Å²) >= 11 is 1.28. The first-order chi connectivity index (χ1) is 15.1. The molecule has 0 unspecified atom stereocenters. The van der Waals surface area contributed by atoms with Crippen molar-refractivity contribution >= 4 is 46.0 Å². The van der Waals surface area contributed by atoms with E-state index in [2.05, 4.69) is 20.5 Å². The van der Waals surface area contributed by atoms with Gasteiger partial charge in [-0.15, -0.1) is 10.2 Å². The van der Waals surface area contributed by atoms with Gasteiger partial charge in [-0.2, -0.15) is 0 Å². The summed E-state index contributed by atoms with van der Waals surface area (Å²) in [7, 11) is 0. The second-order valence-corrected chi connectivity index (χ2v) is 7.60. The van der Waals surface area contributed by atoms with Crippen molar-refractivity contribution in [3.8, 4) is 0 Å². The maximum absolute atomic E-state index is 12.6. The molecule has 0 bridgehead atoms. The second-order valence-electron chi connectivity index (χ2n) is 6.64. The number of fused-ring (bicyclic) bond motifs is 3. The summed E-state index contributed by atoms with van der Waals surface area (Å²) in [5.74, 6) is 0.208. The summed E-state index contributed by atoms with van der Waals surface area (Å²) in [6, 6.07) is 14.5. The van der Waals surface area contributed by atoms with Crippen LogP contribution in [0, 0.1) is 0 Å². The maximum atomic E-state index is 12.6. The highest BCUT2D eigenvalue weighted by Crippen LogP contribution is 2.26. The molecule has 31 heavy (non-hydrogen) atoms. The monoisotopic (exact) mass is 435 g/mol. The lowest BCUT2D eigenvalue weighted by atomic mass is 10.2. The molecular formula is C22H21N5O3S. The highest BCUT2D eigenvalue weighted by Gasteiger charge is 2.17. The fourth-order valence-electron chi connectivity index (χ4n) is 3.24. The van der Waals surface area contributed by atoms with E-state index in [1.165, 1.54) is 11.8 Å². The molecule has 0 fully saturated rings. The SMILES string of the molecule is CCOC(=O)c1ccccc1NC(=O)CSc1nc2ccccc2n2c(CC)nnc12. The van der Waals surface area contributed by atoms with Gasteiger partial charge in [0.05, 0.1) is 34.6 Å². The molecule has 1 amide bonds. The predicted molar refractivity (Wildman–Crippen MR) is 119 cm³/mol. The fourth-order valence-corrected chi connectivity index (χ4v) is 4.00. The van der Waals surface area contributed by atoms with E-state index in [-0.39, 0.29) is 18.3 Å². The minimum absolute atomic E-state index is 0.104. The summed E-state index contributed by atoms with van der Waals surface area (Å²) in [5, 5.41) is 12.0. The molecule has 2 aromatic carbocycles. The van der Waals surface area contributed by atoms with Crippen LogP contribution in [0.2, 0.25) is 0 Å². The van der Waals surface area contributed by atoms with E-state index in [0.29, 0.717) is 21.9 Å². The predicted octanol–water partition coefficient (Wildman–Crippen LogP) is 3.75. The Hall–Kier alpha value is -3.46. The maximum Gasteiger partial charge on any atom is 0.340 e. The van der Waals surface area contributed by atoms with Crippen molar-refractivity contribution in [3.05, 3.63) is 59.9 Å². The number of ether oxygens (including phenoxy) is 1. The number of hydrogen-bond donors (Lipinski definition) is 1. The Labute approximate surface area is 183 Å². The summed E-state index contributed by atoms with van der Waals surface area (Å²) in [5.41, 5.74) is 3.09. The lowest BCUT2D eigenvalue weighted by Crippen LogP contribution is -2.17. The highest BCUT2D eigenvalue weighted by molar-refractivity contribution is 8.00. The van der Waals surface area contributed by atoms with Crippen LogP contribution < -0.4 is 5.32 Å². The molecule has 0 saturated carbocycles. The summed E-state index contributed by atoms with van der Waals surface area (Å²) in [6.07, 6.45) is 0.727. The van der Waals surface area contributed by atoms with Gasteiger partial charge in [0.1, 0.15) is 10.9 Å². The highest BCUT2D eigenvalue weighted by atomic mass is 32.2. The van der Waals surface area contributed by atoms with Gasteiger partial charge in [0, 0.05) is 6.42 Å². The number of hydrogen-bond acceptors (Lipinski definition) is 7. The molecule has 0 radical (unpaired) electrons. The largest absolute Gasteiger partial charge is 0.462 e. The van der Waals surface area contributed by atoms with Crippen LogP contribution in [0.25, 0.3) is 16.7 Å². The normalized spacial score (nSPS) is 11.0.